The highest BCUT2D eigenvalue weighted by Crippen LogP contribution is 2.32. The van der Waals surface area contributed by atoms with Gasteiger partial charge in [-0.15, -0.1) is 0 Å². The zero-order valence-electron chi connectivity index (χ0n) is 12.2. The molecule has 0 heterocycles. The summed E-state index contributed by atoms with van der Waals surface area (Å²) in [6, 6.07) is 2.02. The SMILES string of the molecule is CCN(CC1CC1)S(=O)(=O)c1ccc(F)c(CNC)c1F. The van der Waals surface area contributed by atoms with Crippen LogP contribution < -0.4 is 5.32 Å². The van der Waals surface area contributed by atoms with Crippen molar-refractivity contribution in [3.63, 3.8) is 0 Å². The third-order valence-corrected chi connectivity index (χ3v) is 5.59. The Labute approximate surface area is 124 Å². The van der Waals surface area contributed by atoms with Gasteiger partial charge in [-0.1, -0.05) is 6.92 Å². The summed E-state index contributed by atoms with van der Waals surface area (Å²) in [5, 5.41) is 2.64. The van der Waals surface area contributed by atoms with Gasteiger partial charge in [0.25, 0.3) is 0 Å². The number of halogens is 2. The Morgan fingerprint density at radius 2 is 2.00 bits per heavy atom. The molecule has 0 unspecified atom stereocenters. The van der Waals surface area contributed by atoms with E-state index in [0.717, 1.165) is 25.0 Å². The number of hydrogen-bond acceptors (Lipinski definition) is 3. The zero-order chi connectivity index (χ0) is 15.6. The monoisotopic (exact) mass is 318 g/mol. The standard InChI is InChI=1S/C14H20F2N2O2S/c1-3-18(9-10-4-5-10)21(19,20)13-7-6-12(15)11(8-17-2)14(13)16/h6-7,10,17H,3-5,8-9H2,1-2H3. The highest BCUT2D eigenvalue weighted by atomic mass is 32.2. The number of sulfonamides is 1. The molecule has 2 rings (SSSR count). The Balaban J connectivity index is 2.40. The van der Waals surface area contributed by atoms with Gasteiger partial charge >= 0.3 is 0 Å². The number of nitrogens with one attached hydrogen (secondary N) is 1. The van der Waals surface area contributed by atoms with E-state index in [1.54, 1.807) is 14.0 Å². The van der Waals surface area contributed by atoms with E-state index in [0.29, 0.717) is 12.5 Å². The third kappa shape index (κ3) is 3.41. The molecular formula is C14H20F2N2O2S. The molecule has 0 bridgehead atoms. The van der Waals surface area contributed by atoms with Gasteiger partial charge in [0.1, 0.15) is 10.7 Å². The van der Waals surface area contributed by atoms with Gasteiger partial charge in [0.15, 0.2) is 5.82 Å². The van der Waals surface area contributed by atoms with Crippen molar-refractivity contribution in [2.24, 2.45) is 5.92 Å². The predicted octanol–water partition coefficient (Wildman–Crippen LogP) is 2.10. The Kier molecular flexibility index (Phi) is 4.95. The minimum absolute atomic E-state index is 0.0597. The van der Waals surface area contributed by atoms with E-state index in [9.17, 15) is 17.2 Å². The maximum absolute atomic E-state index is 14.4. The maximum Gasteiger partial charge on any atom is 0.245 e. The van der Waals surface area contributed by atoms with E-state index >= 15 is 0 Å². The van der Waals surface area contributed by atoms with Crippen molar-refractivity contribution in [3.05, 3.63) is 29.3 Å². The highest BCUT2D eigenvalue weighted by Gasteiger charge is 2.33. The van der Waals surface area contributed by atoms with Crippen LogP contribution in [0, 0.1) is 17.6 Å². The summed E-state index contributed by atoms with van der Waals surface area (Å²) in [7, 11) is -2.38. The van der Waals surface area contributed by atoms with Crippen LogP contribution in [0.1, 0.15) is 25.3 Å². The largest absolute Gasteiger partial charge is 0.315 e. The molecule has 0 spiro atoms. The van der Waals surface area contributed by atoms with Crippen LogP contribution in [0.25, 0.3) is 0 Å². The third-order valence-electron chi connectivity index (χ3n) is 3.63. The van der Waals surface area contributed by atoms with E-state index in [1.165, 1.54) is 4.31 Å². The first kappa shape index (κ1) is 16.3. The number of benzene rings is 1. The van der Waals surface area contributed by atoms with Gasteiger partial charge < -0.3 is 5.32 Å². The molecule has 0 aliphatic heterocycles. The second-order valence-electron chi connectivity index (χ2n) is 5.27. The summed E-state index contributed by atoms with van der Waals surface area (Å²) < 4.78 is 54.4. The second-order valence-corrected chi connectivity index (χ2v) is 7.17. The van der Waals surface area contributed by atoms with Crippen molar-refractivity contribution in [1.29, 1.82) is 0 Å². The first-order chi connectivity index (χ1) is 9.91. The summed E-state index contributed by atoms with van der Waals surface area (Å²) in [5.41, 5.74) is -0.249. The normalized spacial score (nSPS) is 15.7. The van der Waals surface area contributed by atoms with Crippen molar-refractivity contribution in [2.75, 3.05) is 20.1 Å². The van der Waals surface area contributed by atoms with Crippen LogP contribution in [0.5, 0.6) is 0 Å². The van der Waals surface area contributed by atoms with Gasteiger partial charge in [-0.3, -0.25) is 0 Å². The van der Waals surface area contributed by atoms with E-state index in [2.05, 4.69) is 5.32 Å². The van der Waals surface area contributed by atoms with Gasteiger partial charge in [0.05, 0.1) is 0 Å². The number of hydrogen-bond donors (Lipinski definition) is 1. The maximum atomic E-state index is 14.4. The molecule has 0 radical (unpaired) electrons. The Hall–Kier alpha value is -1.05. The molecule has 1 aliphatic carbocycles. The average molecular weight is 318 g/mol. The lowest BCUT2D eigenvalue weighted by Crippen LogP contribution is -2.33. The molecule has 1 aromatic rings. The van der Waals surface area contributed by atoms with Crippen molar-refractivity contribution >= 4 is 10.0 Å². The molecule has 0 amide bonds. The Bertz CT molecular complexity index is 616. The first-order valence-electron chi connectivity index (χ1n) is 7.03. The van der Waals surface area contributed by atoms with Gasteiger partial charge in [0.2, 0.25) is 10.0 Å². The second kappa shape index (κ2) is 6.37. The molecular weight excluding hydrogens is 298 g/mol. The molecule has 0 saturated heterocycles. The Morgan fingerprint density at radius 1 is 1.33 bits per heavy atom. The molecule has 21 heavy (non-hydrogen) atoms. The summed E-state index contributed by atoms with van der Waals surface area (Å²) in [6.45, 7) is 2.33. The van der Waals surface area contributed by atoms with E-state index < -0.39 is 26.6 Å². The van der Waals surface area contributed by atoms with E-state index in [4.69, 9.17) is 0 Å². The van der Waals surface area contributed by atoms with Crippen molar-refractivity contribution in [2.45, 2.75) is 31.2 Å². The summed E-state index contributed by atoms with van der Waals surface area (Å²) >= 11 is 0. The summed E-state index contributed by atoms with van der Waals surface area (Å²) in [6.07, 6.45) is 2.01. The zero-order valence-corrected chi connectivity index (χ0v) is 13.0. The average Bonchev–Trinajstić information content (AvgIpc) is 3.24. The van der Waals surface area contributed by atoms with E-state index in [1.807, 2.05) is 0 Å². The lowest BCUT2D eigenvalue weighted by molar-refractivity contribution is 0.407. The van der Waals surface area contributed by atoms with Crippen LogP contribution in [0.4, 0.5) is 8.78 Å². The fraction of sp³-hybridized carbons (Fsp3) is 0.571. The molecule has 1 saturated carbocycles. The molecule has 0 aromatic heterocycles. The van der Waals surface area contributed by atoms with Crippen molar-refractivity contribution in [3.8, 4) is 0 Å². The van der Waals surface area contributed by atoms with Crippen LogP contribution >= 0.6 is 0 Å². The molecule has 0 atom stereocenters. The fourth-order valence-electron chi connectivity index (χ4n) is 2.24. The first-order valence-corrected chi connectivity index (χ1v) is 8.47. The number of rotatable bonds is 7. The smallest absolute Gasteiger partial charge is 0.245 e. The molecule has 1 aromatic carbocycles. The lowest BCUT2D eigenvalue weighted by atomic mass is 10.2. The highest BCUT2D eigenvalue weighted by molar-refractivity contribution is 7.89. The number of nitrogens with zero attached hydrogens (tertiary/aromatic N) is 1. The lowest BCUT2D eigenvalue weighted by Gasteiger charge is -2.21. The molecule has 1 aliphatic rings. The van der Waals surface area contributed by atoms with E-state index in [-0.39, 0.29) is 18.7 Å². The van der Waals surface area contributed by atoms with Crippen LogP contribution in [0.2, 0.25) is 0 Å². The molecule has 7 heteroatoms. The summed E-state index contributed by atoms with van der Waals surface area (Å²) in [4.78, 5) is -0.448. The van der Waals surface area contributed by atoms with Gasteiger partial charge in [-0.2, -0.15) is 4.31 Å². The summed E-state index contributed by atoms with van der Waals surface area (Å²) in [5.74, 6) is -1.38. The topological polar surface area (TPSA) is 49.4 Å². The van der Waals surface area contributed by atoms with Crippen molar-refractivity contribution < 1.29 is 17.2 Å². The molecule has 118 valence electrons. The van der Waals surface area contributed by atoms with Gasteiger partial charge in [-0.05, 0) is 37.9 Å². The molecule has 4 nitrogen and oxygen atoms in total. The van der Waals surface area contributed by atoms with Crippen LogP contribution in [0.15, 0.2) is 17.0 Å². The quantitative estimate of drug-likeness (QED) is 0.838. The predicted molar refractivity (Wildman–Crippen MR) is 76.3 cm³/mol. The molecule has 1 fully saturated rings. The minimum Gasteiger partial charge on any atom is -0.315 e. The van der Waals surface area contributed by atoms with Crippen LogP contribution in [-0.2, 0) is 16.6 Å². The van der Waals surface area contributed by atoms with Gasteiger partial charge in [0, 0.05) is 25.2 Å². The van der Waals surface area contributed by atoms with Crippen LogP contribution in [0.3, 0.4) is 0 Å². The Morgan fingerprint density at radius 3 is 2.52 bits per heavy atom. The van der Waals surface area contributed by atoms with Crippen molar-refractivity contribution in [1.82, 2.24) is 9.62 Å². The fourth-order valence-corrected chi connectivity index (χ4v) is 3.85. The molecule has 1 N–H and O–H groups in total. The van der Waals surface area contributed by atoms with Crippen LogP contribution in [-0.4, -0.2) is 32.9 Å². The minimum atomic E-state index is -3.93. The van der Waals surface area contributed by atoms with Gasteiger partial charge in [-0.25, -0.2) is 17.2 Å².